The number of aromatic amines is 1. The Morgan fingerprint density at radius 1 is 0.816 bits per heavy atom. The van der Waals surface area contributed by atoms with Gasteiger partial charge in [0.2, 0.25) is 5.95 Å². The van der Waals surface area contributed by atoms with Crippen molar-refractivity contribution in [1.82, 2.24) is 9.97 Å². The minimum atomic E-state index is -0.582. The van der Waals surface area contributed by atoms with E-state index in [1.54, 1.807) is 60.7 Å². The largest absolute Gasteiger partial charge is 0.326 e. The van der Waals surface area contributed by atoms with E-state index in [4.69, 9.17) is 11.6 Å². The third-order valence-corrected chi connectivity index (χ3v) is 6.04. The number of anilines is 3. The highest BCUT2D eigenvalue weighted by atomic mass is 35.5. The summed E-state index contributed by atoms with van der Waals surface area (Å²) in [7, 11) is 0. The Kier molecular flexibility index (Phi) is 6.98. The monoisotopic (exact) mass is 517 g/mol. The topological polar surface area (TPSA) is 111 Å². The van der Waals surface area contributed by atoms with Crippen molar-refractivity contribution in [2.75, 3.05) is 10.6 Å². The molecule has 0 radical (unpaired) electrons. The van der Waals surface area contributed by atoms with Gasteiger partial charge in [-0.2, -0.15) is 5.26 Å². The van der Waals surface area contributed by atoms with Crippen LogP contribution in [0.15, 0.2) is 108 Å². The van der Waals surface area contributed by atoms with Gasteiger partial charge >= 0.3 is 0 Å². The van der Waals surface area contributed by atoms with Gasteiger partial charge in [0.05, 0.1) is 5.69 Å². The number of halogens is 1. The third-order valence-electron chi connectivity index (χ3n) is 5.79. The zero-order chi connectivity index (χ0) is 26.5. The number of hydrogen-bond donors (Lipinski definition) is 3. The maximum absolute atomic E-state index is 12.9. The van der Waals surface area contributed by atoms with E-state index in [9.17, 15) is 14.9 Å². The van der Waals surface area contributed by atoms with Gasteiger partial charge in [-0.15, -0.1) is 0 Å². The Morgan fingerprint density at radius 2 is 1.50 bits per heavy atom. The van der Waals surface area contributed by atoms with Crippen LogP contribution >= 0.6 is 11.6 Å². The van der Waals surface area contributed by atoms with Gasteiger partial charge < -0.3 is 10.6 Å². The van der Waals surface area contributed by atoms with Crippen molar-refractivity contribution in [3.8, 4) is 28.5 Å². The van der Waals surface area contributed by atoms with E-state index in [1.165, 1.54) is 0 Å². The number of carbonyl (C=O) groups is 1. The normalized spacial score (nSPS) is 10.4. The number of rotatable bonds is 6. The average molecular weight is 518 g/mol. The maximum atomic E-state index is 12.9. The summed E-state index contributed by atoms with van der Waals surface area (Å²) in [6, 6.07) is 32.9. The van der Waals surface area contributed by atoms with E-state index in [0.29, 0.717) is 27.5 Å². The summed E-state index contributed by atoms with van der Waals surface area (Å²) in [5, 5.41) is 16.1. The number of nitrogens with zero attached hydrogens (tertiary/aromatic N) is 2. The minimum absolute atomic E-state index is 0.133. The molecule has 0 unspecified atom stereocenters. The molecule has 184 valence electrons. The molecule has 0 bridgehead atoms. The quantitative estimate of drug-likeness (QED) is 0.234. The highest BCUT2D eigenvalue weighted by Gasteiger charge is 2.15. The Hall–Kier alpha value is -5.19. The van der Waals surface area contributed by atoms with Crippen molar-refractivity contribution in [2.45, 2.75) is 0 Å². The smallest absolute Gasteiger partial charge is 0.270 e. The summed E-state index contributed by atoms with van der Waals surface area (Å²) in [5.74, 6) is -0.120. The zero-order valence-electron chi connectivity index (χ0n) is 19.9. The molecule has 0 aliphatic rings. The lowest BCUT2D eigenvalue weighted by atomic mass is 10.0. The fraction of sp³-hybridized carbons (Fsp3) is 0. The predicted octanol–water partition coefficient (Wildman–Crippen LogP) is 6.62. The third kappa shape index (κ3) is 5.46. The van der Waals surface area contributed by atoms with Crippen LogP contribution in [-0.2, 0) is 0 Å². The second-order valence-electron chi connectivity index (χ2n) is 8.36. The van der Waals surface area contributed by atoms with Crippen molar-refractivity contribution >= 4 is 34.8 Å². The molecule has 0 fully saturated rings. The molecule has 0 aliphatic carbocycles. The minimum Gasteiger partial charge on any atom is -0.326 e. The number of carbonyl (C=O) groups excluding carboxylic acids is 1. The number of H-pyrrole nitrogens is 1. The molecule has 0 aliphatic heterocycles. The van der Waals surface area contributed by atoms with Gasteiger partial charge in [0, 0.05) is 27.5 Å². The average Bonchev–Trinajstić information content (AvgIpc) is 2.95. The summed E-state index contributed by atoms with van der Waals surface area (Å²) in [4.78, 5) is 32.6. The van der Waals surface area contributed by atoms with E-state index in [2.05, 4.69) is 20.6 Å². The molecule has 1 heterocycles. The van der Waals surface area contributed by atoms with Crippen LogP contribution < -0.4 is 16.2 Å². The molecule has 7 nitrogen and oxygen atoms in total. The molecule has 4 aromatic carbocycles. The first-order chi connectivity index (χ1) is 18.5. The Labute approximate surface area is 223 Å². The number of nitrogens with one attached hydrogen (secondary N) is 3. The van der Waals surface area contributed by atoms with Gasteiger partial charge in [-0.25, -0.2) is 4.98 Å². The SMILES string of the molecule is N#Cc1c(-c2cccc(NC(=O)c3ccc(-c4ccccc4)cc3)c2)nc(Nc2ccc(Cl)cc2)[nH]c1=O. The highest BCUT2D eigenvalue weighted by molar-refractivity contribution is 6.30. The van der Waals surface area contributed by atoms with Gasteiger partial charge in [-0.1, -0.05) is 66.2 Å². The first-order valence-corrected chi connectivity index (χ1v) is 12.0. The van der Waals surface area contributed by atoms with Crippen LogP contribution in [0.5, 0.6) is 0 Å². The van der Waals surface area contributed by atoms with Crippen LogP contribution in [0.4, 0.5) is 17.3 Å². The Bertz CT molecular complexity index is 1710. The zero-order valence-corrected chi connectivity index (χ0v) is 20.7. The molecule has 38 heavy (non-hydrogen) atoms. The van der Waals surface area contributed by atoms with Crippen molar-refractivity contribution in [3.63, 3.8) is 0 Å². The van der Waals surface area contributed by atoms with E-state index in [-0.39, 0.29) is 23.1 Å². The molecule has 8 heteroatoms. The molecule has 0 atom stereocenters. The van der Waals surface area contributed by atoms with Crippen LogP contribution in [0.25, 0.3) is 22.4 Å². The molecule has 1 aromatic heterocycles. The van der Waals surface area contributed by atoms with Crippen molar-refractivity contribution < 1.29 is 4.79 Å². The maximum Gasteiger partial charge on any atom is 0.270 e. The fourth-order valence-electron chi connectivity index (χ4n) is 3.91. The van der Waals surface area contributed by atoms with Gasteiger partial charge in [0.1, 0.15) is 11.6 Å². The van der Waals surface area contributed by atoms with Gasteiger partial charge in [0.25, 0.3) is 11.5 Å². The van der Waals surface area contributed by atoms with Gasteiger partial charge in [0.15, 0.2) is 0 Å². The number of hydrogen-bond acceptors (Lipinski definition) is 5. The first-order valence-electron chi connectivity index (χ1n) is 11.6. The lowest BCUT2D eigenvalue weighted by molar-refractivity contribution is 0.102. The van der Waals surface area contributed by atoms with E-state index in [0.717, 1.165) is 11.1 Å². The summed E-state index contributed by atoms with van der Waals surface area (Å²) >= 11 is 5.94. The standard InChI is InChI=1S/C30H20ClN5O2/c31-23-13-15-24(16-14-23)34-30-35-27(26(18-32)29(38)36-30)22-7-4-8-25(17-22)33-28(37)21-11-9-20(10-12-21)19-5-2-1-3-6-19/h1-17H,(H,33,37)(H2,34,35,36,38). The van der Waals surface area contributed by atoms with E-state index < -0.39 is 5.56 Å². The van der Waals surface area contributed by atoms with Crippen molar-refractivity contribution in [2.24, 2.45) is 0 Å². The molecule has 0 saturated heterocycles. The molecular weight excluding hydrogens is 498 g/mol. The van der Waals surface area contributed by atoms with Crippen LogP contribution in [-0.4, -0.2) is 15.9 Å². The fourth-order valence-corrected chi connectivity index (χ4v) is 4.03. The number of aromatic nitrogens is 2. The summed E-state index contributed by atoms with van der Waals surface area (Å²) < 4.78 is 0. The van der Waals surface area contributed by atoms with E-state index in [1.807, 2.05) is 48.5 Å². The highest BCUT2D eigenvalue weighted by Crippen LogP contribution is 2.25. The van der Waals surface area contributed by atoms with Gasteiger partial charge in [-0.3, -0.25) is 14.6 Å². The number of benzene rings is 4. The molecule has 5 rings (SSSR count). The molecule has 0 spiro atoms. The summed E-state index contributed by atoms with van der Waals surface area (Å²) in [6.07, 6.45) is 0. The van der Waals surface area contributed by atoms with Crippen LogP contribution in [0.2, 0.25) is 5.02 Å². The van der Waals surface area contributed by atoms with Crippen molar-refractivity contribution in [1.29, 1.82) is 5.26 Å². The second kappa shape index (κ2) is 10.8. The Balaban J connectivity index is 1.39. The number of nitriles is 1. The second-order valence-corrected chi connectivity index (χ2v) is 8.80. The molecular formula is C30H20ClN5O2. The number of amides is 1. The predicted molar refractivity (Wildman–Crippen MR) is 150 cm³/mol. The molecule has 3 N–H and O–H groups in total. The van der Waals surface area contributed by atoms with Crippen LogP contribution in [0.1, 0.15) is 15.9 Å². The first kappa shape index (κ1) is 24.5. The van der Waals surface area contributed by atoms with Crippen LogP contribution in [0, 0.1) is 11.3 Å². The molecule has 5 aromatic rings. The molecule has 0 saturated carbocycles. The lowest BCUT2D eigenvalue weighted by Crippen LogP contribution is -2.16. The van der Waals surface area contributed by atoms with E-state index >= 15 is 0 Å². The summed E-state index contributed by atoms with van der Waals surface area (Å²) in [6.45, 7) is 0. The lowest BCUT2D eigenvalue weighted by Gasteiger charge is -2.11. The van der Waals surface area contributed by atoms with Gasteiger partial charge in [-0.05, 0) is 59.7 Å². The molecule has 1 amide bonds. The summed E-state index contributed by atoms with van der Waals surface area (Å²) in [5.41, 5.74) is 3.71. The Morgan fingerprint density at radius 3 is 2.21 bits per heavy atom. The van der Waals surface area contributed by atoms with Crippen molar-refractivity contribution in [3.05, 3.63) is 130 Å². The van der Waals surface area contributed by atoms with Crippen LogP contribution in [0.3, 0.4) is 0 Å².